The highest BCUT2D eigenvalue weighted by Gasteiger charge is 2.29. The molecule has 0 spiro atoms. The summed E-state index contributed by atoms with van der Waals surface area (Å²) in [6.45, 7) is 0.0880. The number of sulfonamides is 1. The zero-order valence-corrected chi connectivity index (χ0v) is 20.7. The van der Waals surface area contributed by atoms with Gasteiger partial charge in [-0.1, -0.05) is 42.5 Å². The third kappa shape index (κ3) is 5.00. The van der Waals surface area contributed by atoms with E-state index in [2.05, 4.69) is 5.32 Å². The molecule has 0 bridgehead atoms. The molecule has 1 heterocycles. The lowest BCUT2D eigenvalue weighted by Gasteiger charge is -2.24. The Bertz CT molecular complexity index is 1320. The van der Waals surface area contributed by atoms with E-state index in [1.807, 2.05) is 30.3 Å². The maximum Gasteiger partial charge on any atom is 0.341 e. The molecule has 1 aromatic heterocycles. The molecule has 1 N–H and O–H groups in total. The minimum absolute atomic E-state index is 0.0880. The molecule has 7 nitrogen and oxygen atoms in total. The Labute approximate surface area is 203 Å². The van der Waals surface area contributed by atoms with Crippen molar-refractivity contribution in [1.82, 2.24) is 0 Å². The van der Waals surface area contributed by atoms with E-state index < -0.39 is 21.9 Å². The Balaban J connectivity index is 1.71. The van der Waals surface area contributed by atoms with Crippen molar-refractivity contribution < 1.29 is 22.7 Å². The fourth-order valence-corrected chi connectivity index (χ4v) is 6.33. The van der Waals surface area contributed by atoms with Gasteiger partial charge in [0.25, 0.3) is 5.91 Å². The first-order valence-electron chi connectivity index (χ1n) is 10.9. The molecule has 0 fully saturated rings. The third-order valence-corrected chi connectivity index (χ3v) is 8.11. The summed E-state index contributed by atoms with van der Waals surface area (Å²) in [7, 11) is -2.37. The molecule has 0 atom stereocenters. The molecule has 1 aliphatic carbocycles. The summed E-state index contributed by atoms with van der Waals surface area (Å²) >= 11 is 1.39. The highest BCUT2D eigenvalue weighted by Crippen LogP contribution is 2.39. The minimum atomic E-state index is -3.69. The van der Waals surface area contributed by atoms with Gasteiger partial charge in [-0.15, -0.1) is 11.3 Å². The topological polar surface area (TPSA) is 92.8 Å². The van der Waals surface area contributed by atoms with Gasteiger partial charge in [0.2, 0.25) is 10.0 Å². The second kappa shape index (κ2) is 9.99. The smallest absolute Gasteiger partial charge is 0.341 e. The highest BCUT2D eigenvalue weighted by atomic mass is 32.2. The van der Waals surface area contributed by atoms with Crippen LogP contribution < -0.4 is 9.62 Å². The molecular weight excluding hydrogens is 472 g/mol. The monoisotopic (exact) mass is 498 g/mol. The first kappa shape index (κ1) is 24.0. The maximum atomic E-state index is 13.4. The fourth-order valence-electron chi connectivity index (χ4n) is 4.16. The van der Waals surface area contributed by atoms with E-state index in [9.17, 15) is 18.0 Å². The number of nitrogens with one attached hydrogen (secondary N) is 1. The fraction of sp³-hybridized carbons (Fsp3) is 0.280. The number of hydrogen-bond acceptors (Lipinski definition) is 6. The van der Waals surface area contributed by atoms with Crippen molar-refractivity contribution in [2.45, 2.75) is 32.2 Å². The van der Waals surface area contributed by atoms with Crippen LogP contribution in [0, 0.1) is 0 Å². The number of ether oxygens (including phenoxy) is 1. The van der Waals surface area contributed by atoms with E-state index in [1.54, 1.807) is 24.3 Å². The average Bonchev–Trinajstić information content (AvgIpc) is 3.19. The predicted octanol–water partition coefficient (Wildman–Crippen LogP) is 4.63. The van der Waals surface area contributed by atoms with Gasteiger partial charge >= 0.3 is 5.97 Å². The van der Waals surface area contributed by atoms with E-state index in [4.69, 9.17) is 4.74 Å². The van der Waals surface area contributed by atoms with Crippen LogP contribution in [0.15, 0.2) is 54.6 Å². The SMILES string of the molecule is COC(=O)c1c(NC(=O)c2ccccc2N(Cc2ccccc2)S(C)(=O)=O)sc2c1CCCC2. The van der Waals surface area contributed by atoms with Crippen LogP contribution in [0.2, 0.25) is 0 Å². The zero-order chi connectivity index (χ0) is 24.3. The Hall–Kier alpha value is -3.17. The van der Waals surface area contributed by atoms with Gasteiger partial charge in [-0.25, -0.2) is 13.2 Å². The summed E-state index contributed by atoms with van der Waals surface area (Å²) in [5.41, 5.74) is 2.60. The molecule has 4 rings (SSSR count). The molecule has 0 saturated heterocycles. The van der Waals surface area contributed by atoms with E-state index in [0.29, 0.717) is 10.6 Å². The second-order valence-corrected chi connectivity index (χ2v) is 11.1. The molecule has 3 aromatic rings. The van der Waals surface area contributed by atoms with Gasteiger partial charge in [0.15, 0.2) is 0 Å². The van der Waals surface area contributed by atoms with Crippen molar-refractivity contribution in [3.8, 4) is 0 Å². The first-order valence-corrected chi connectivity index (χ1v) is 13.6. The van der Waals surface area contributed by atoms with Crippen LogP contribution in [0.3, 0.4) is 0 Å². The Kier molecular flexibility index (Phi) is 7.04. The van der Waals surface area contributed by atoms with Crippen molar-refractivity contribution >= 4 is 43.9 Å². The average molecular weight is 499 g/mol. The molecule has 1 amide bonds. The largest absolute Gasteiger partial charge is 0.465 e. The normalized spacial score (nSPS) is 13.1. The van der Waals surface area contributed by atoms with Crippen molar-refractivity contribution in [2.24, 2.45) is 0 Å². The number of methoxy groups -OCH3 is 1. The number of nitrogens with zero attached hydrogens (tertiary/aromatic N) is 1. The molecule has 0 saturated carbocycles. The summed E-state index contributed by atoms with van der Waals surface area (Å²) in [5.74, 6) is -0.967. The van der Waals surface area contributed by atoms with Gasteiger partial charge in [0, 0.05) is 4.88 Å². The summed E-state index contributed by atoms with van der Waals surface area (Å²) in [5, 5.41) is 3.30. The summed E-state index contributed by atoms with van der Waals surface area (Å²) in [6, 6.07) is 15.8. The lowest BCUT2D eigenvalue weighted by molar-refractivity contribution is 0.0601. The Morgan fingerprint density at radius 3 is 2.41 bits per heavy atom. The van der Waals surface area contributed by atoms with Crippen LogP contribution in [-0.4, -0.2) is 33.7 Å². The molecule has 34 heavy (non-hydrogen) atoms. The molecule has 1 aliphatic rings. The van der Waals surface area contributed by atoms with Crippen LogP contribution in [-0.2, 0) is 34.1 Å². The van der Waals surface area contributed by atoms with Crippen LogP contribution in [0.25, 0.3) is 0 Å². The summed E-state index contributed by atoms with van der Waals surface area (Å²) < 4.78 is 31.6. The number of fused-ring (bicyclic) bond motifs is 1. The number of anilines is 2. The number of amides is 1. The second-order valence-electron chi connectivity index (χ2n) is 8.13. The van der Waals surface area contributed by atoms with E-state index in [1.165, 1.54) is 22.8 Å². The lowest BCUT2D eigenvalue weighted by atomic mass is 9.95. The van der Waals surface area contributed by atoms with E-state index >= 15 is 0 Å². The lowest BCUT2D eigenvalue weighted by Crippen LogP contribution is -2.31. The molecule has 0 unspecified atom stereocenters. The van der Waals surface area contributed by atoms with Gasteiger partial charge in [-0.05, 0) is 48.9 Å². The van der Waals surface area contributed by atoms with Gasteiger partial charge in [-0.3, -0.25) is 9.10 Å². The van der Waals surface area contributed by atoms with Gasteiger partial charge in [-0.2, -0.15) is 0 Å². The predicted molar refractivity (Wildman–Crippen MR) is 134 cm³/mol. The van der Waals surface area contributed by atoms with Crippen molar-refractivity contribution in [3.63, 3.8) is 0 Å². The van der Waals surface area contributed by atoms with E-state index in [0.717, 1.165) is 47.9 Å². The number of rotatable bonds is 7. The number of carbonyl (C=O) groups is 2. The van der Waals surface area contributed by atoms with Crippen LogP contribution in [0.1, 0.15) is 49.6 Å². The molecule has 178 valence electrons. The summed E-state index contributed by atoms with van der Waals surface area (Å²) in [6.07, 6.45) is 4.75. The summed E-state index contributed by atoms with van der Waals surface area (Å²) in [4.78, 5) is 27.0. The van der Waals surface area contributed by atoms with Crippen LogP contribution in [0.5, 0.6) is 0 Å². The quantitative estimate of drug-likeness (QED) is 0.480. The van der Waals surface area contributed by atoms with Crippen molar-refractivity contribution in [2.75, 3.05) is 23.0 Å². The number of aryl methyl sites for hydroxylation is 1. The molecule has 0 aliphatic heterocycles. The van der Waals surface area contributed by atoms with Gasteiger partial charge in [0.05, 0.1) is 36.7 Å². The maximum absolute atomic E-state index is 13.4. The number of carbonyl (C=O) groups excluding carboxylic acids is 2. The number of para-hydroxylation sites is 1. The molecule has 0 radical (unpaired) electrons. The number of thiophene rings is 1. The number of esters is 1. The standard InChI is InChI=1S/C25H26N2O5S2/c1-32-25(29)22-19-13-7-9-15-21(19)33-24(22)26-23(28)18-12-6-8-14-20(18)27(34(2,30)31)16-17-10-4-3-5-11-17/h3-6,8,10-12,14H,7,9,13,15-16H2,1-2H3,(H,26,28). The van der Waals surface area contributed by atoms with Crippen LogP contribution >= 0.6 is 11.3 Å². The zero-order valence-electron chi connectivity index (χ0n) is 19.0. The van der Waals surface area contributed by atoms with Crippen molar-refractivity contribution in [3.05, 3.63) is 81.7 Å². The Morgan fingerprint density at radius 1 is 1.03 bits per heavy atom. The molecule has 2 aromatic carbocycles. The van der Waals surface area contributed by atoms with Gasteiger partial charge < -0.3 is 10.1 Å². The molecular formula is C25H26N2O5S2. The van der Waals surface area contributed by atoms with Crippen molar-refractivity contribution in [1.29, 1.82) is 0 Å². The number of hydrogen-bond donors (Lipinski definition) is 1. The highest BCUT2D eigenvalue weighted by molar-refractivity contribution is 7.92. The number of benzene rings is 2. The minimum Gasteiger partial charge on any atom is -0.465 e. The van der Waals surface area contributed by atoms with Gasteiger partial charge in [0.1, 0.15) is 5.00 Å². The molecule has 9 heteroatoms. The van der Waals surface area contributed by atoms with E-state index in [-0.39, 0.29) is 17.8 Å². The third-order valence-electron chi connectivity index (χ3n) is 5.77. The first-order chi connectivity index (χ1) is 16.3. The Morgan fingerprint density at radius 2 is 1.71 bits per heavy atom. The van der Waals surface area contributed by atoms with Crippen LogP contribution in [0.4, 0.5) is 10.7 Å².